The number of halogens is 1. The largest absolute Gasteiger partial charge is 0.372 e. The number of aromatic nitrogens is 1. The molecule has 1 aliphatic heterocycles. The Labute approximate surface area is 111 Å². The average molecular weight is 258 g/mol. The average Bonchev–Trinajstić information content (AvgIpc) is 2.87. The van der Waals surface area contributed by atoms with E-state index in [9.17, 15) is 4.39 Å². The van der Waals surface area contributed by atoms with Gasteiger partial charge in [0.1, 0.15) is 5.82 Å². The van der Waals surface area contributed by atoms with E-state index in [0.717, 1.165) is 11.1 Å². The molecule has 98 valence electrons. The highest BCUT2D eigenvalue weighted by atomic mass is 19.1. The Hall–Kier alpha value is -1.78. The molecule has 1 aliphatic rings. The van der Waals surface area contributed by atoms with Crippen molar-refractivity contribution in [2.75, 3.05) is 7.05 Å². The van der Waals surface area contributed by atoms with Crippen LogP contribution in [0.3, 0.4) is 0 Å². The number of benzene rings is 1. The molecule has 2 aromatic rings. The van der Waals surface area contributed by atoms with E-state index in [4.69, 9.17) is 4.74 Å². The molecule has 4 heteroatoms. The van der Waals surface area contributed by atoms with Crippen LogP contribution in [0.4, 0.5) is 4.39 Å². The van der Waals surface area contributed by atoms with Gasteiger partial charge in [0.2, 0.25) is 0 Å². The summed E-state index contributed by atoms with van der Waals surface area (Å²) in [6.45, 7) is 1.34. The summed E-state index contributed by atoms with van der Waals surface area (Å²) >= 11 is 0. The first-order chi connectivity index (χ1) is 9.28. The quantitative estimate of drug-likeness (QED) is 0.918. The van der Waals surface area contributed by atoms with Crippen molar-refractivity contribution < 1.29 is 9.13 Å². The van der Waals surface area contributed by atoms with Crippen molar-refractivity contribution in [1.82, 2.24) is 10.3 Å². The summed E-state index contributed by atoms with van der Waals surface area (Å²) in [5.41, 5.74) is 4.36. The summed E-state index contributed by atoms with van der Waals surface area (Å²) in [6, 6.07) is 7.70. The first kappa shape index (κ1) is 12.3. The first-order valence-electron chi connectivity index (χ1n) is 6.25. The van der Waals surface area contributed by atoms with Crippen LogP contribution in [-0.2, 0) is 18.0 Å². The maximum absolute atomic E-state index is 13.3. The predicted octanol–water partition coefficient (Wildman–Crippen LogP) is 2.56. The lowest BCUT2D eigenvalue weighted by Gasteiger charge is -2.17. The van der Waals surface area contributed by atoms with Crippen LogP contribution in [0.25, 0.3) is 0 Å². The third kappa shape index (κ3) is 2.37. The minimum Gasteiger partial charge on any atom is -0.372 e. The molecule has 1 N–H and O–H groups in total. The number of nitrogens with zero attached hydrogens (tertiary/aromatic N) is 1. The molecule has 0 bridgehead atoms. The van der Waals surface area contributed by atoms with E-state index >= 15 is 0 Å². The van der Waals surface area contributed by atoms with Gasteiger partial charge in [0.05, 0.1) is 25.5 Å². The Morgan fingerprint density at radius 1 is 1.16 bits per heavy atom. The number of pyridine rings is 1. The number of ether oxygens (including phenoxy) is 1. The van der Waals surface area contributed by atoms with Gasteiger partial charge in [0, 0.05) is 6.20 Å². The van der Waals surface area contributed by atoms with Gasteiger partial charge in [0.25, 0.3) is 0 Å². The van der Waals surface area contributed by atoms with Crippen LogP contribution in [-0.4, -0.2) is 12.0 Å². The normalized spacial score (nSPS) is 15.3. The second-order valence-corrected chi connectivity index (χ2v) is 4.68. The number of rotatable bonds is 3. The second kappa shape index (κ2) is 5.07. The fourth-order valence-corrected chi connectivity index (χ4v) is 2.48. The monoisotopic (exact) mass is 258 g/mol. The maximum atomic E-state index is 13.3. The highest BCUT2D eigenvalue weighted by molar-refractivity contribution is 5.38. The van der Waals surface area contributed by atoms with E-state index in [1.165, 1.54) is 23.4 Å². The lowest BCUT2D eigenvalue weighted by Crippen LogP contribution is -2.18. The smallest absolute Gasteiger partial charge is 0.141 e. The van der Waals surface area contributed by atoms with Crippen LogP contribution >= 0.6 is 0 Å². The lowest BCUT2D eigenvalue weighted by molar-refractivity contribution is 0.134. The second-order valence-electron chi connectivity index (χ2n) is 4.68. The van der Waals surface area contributed by atoms with Gasteiger partial charge in [-0.1, -0.05) is 18.2 Å². The molecular formula is C15H15FN2O. The predicted molar refractivity (Wildman–Crippen MR) is 70.0 cm³/mol. The van der Waals surface area contributed by atoms with E-state index in [0.29, 0.717) is 13.2 Å². The van der Waals surface area contributed by atoms with Gasteiger partial charge < -0.3 is 10.1 Å². The fourth-order valence-electron chi connectivity index (χ4n) is 2.48. The van der Waals surface area contributed by atoms with E-state index in [1.54, 1.807) is 6.20 Å². The van der Waals surface area contributed by atoms with Gasteiger partial charge in [-0.3, -0.25) is 4.98 Å². The van der Waals surface area contributed by atoms with Crippen molar-refractivity contribution in [3.63, 3.8) is 0 Å². The third-order valence-electron chi connectivity index (χ3n) is 3.43. The summed E-state index contributed by atoms with van der Waals surface area (Å²) in [5.74, 6) is -0.317. The van der Waals surface area contributed by atoms with Gasteiger partial charge in [-0.05, 0) is 35.4 Å². The number of hydrogen-bond donors (Lipinski definition) is 1. The van der Waals surface area contributed by atoms with E-state index in [1.807, 2.05) is 7.05 Å². The molecule has 0 amide bonds. The molecule has 0 fully saturated rings. The SMILES string of the molecule is CNC(c1cncc(F)c1)c1ccc2c(c1)COC2. The zero-order valence-corrected chi connectivity index (χ0v) is 10.7. The minimum absolute atomic E-state index is 0.0610. The standard InChI is InChI=1S/C15H15FN2O/c1-17-15(12-5-14(16)7-18-6-12)10-2-3-11-8-19-9-13(11)4-10/h2-7,15,17H,8-9H2,1H3. The summed E-state index contributed by atoms with van der Waals surface area (Å²) in [7, 11) is 1.86. The van der Waals surface area contributed by atoms with Crippen molar-refractivity contribution in [1.29, 1.82) is 0 Å². The Bertz CT molecular complexity index is 600. The Morgan fingerprint density at radius 3 is 2.79 bits per heavy atom. The van der Waals surface area contributed by atoms with Gasteiger partial charge in [-0.25, -0.2) is 4.39 Å². The summed E-state index contributed by atoms with van der Waals surface area (Å²) in [5, 5.41) is 3.21. The molecular weight excluding hydrogens is 243 g/mol. The van der Waals surface area contributed by atoms with Crippen LogP contribution in [0.2, 0.25) is 0 Å². The number of nitrogens with one attached hydrogen (secondary N) is 1. The van der Waals surface area contributed by atoms with E-state index < -0.39 is 0 Å². The van der Waals surface area contributed by atoms with Gasteiger partial charge >= 0.3 is 0 Å². The van der Waals surface area contributed by atoms with Crippen molar-refractivity contribution in [3.05, 3.63) is 64.7 Å². The molecule has 1 atom stereocenters. The Kier molecular flexibility index (Phi) is 3.27. The van der Waals surface area contributed by atoms with Gasteiger partial charge in [0.15, 0.2) is 0 Å². The van der Waals surface area contributed by atoms with Crippen molar-refractivity contribution in [2.24, 2.45) is 0 Å². The molecule has 0 saturated carbocycles. The third-order valence-corrected chi connectivity index (χ3v) is 3.43. The Balaban J connectivity index is 1.98. The lowest BCUT2D eigenvalue weighted by atomic mass is 9.97. The van der Waals surface area contributed by atoms with Crippen LogP contribution in [0.15, 0.2) is 36.7 Å². The first-order valence-corrected chi connectivity index (χ1v) is 6.25. The zero-order chi connectivity index (χ0) is 13.2. The highest BCUT2D eigenvalue weighted by Crippen LogP contribution is 2.27. The van der Waals surface area contributed by atoms with Crippen LogP contribution in [0.5, 0.6) is 0 Å². The minimum atomic E-state index is -0.317. The van der Waals surface area contributed by atoms with Crippen molar-refractivity contribution >= 4 is 0 Å². The summed E-state index contributed by atoms with van der Waals surface area (Å²) < 4.78 is 18.7. The molecule has 1 unspecified atom stereocenters. The van der Waals surface area contributed by atoms with Gasteiger partial charge in [-0.15, -0.1) is 0 Å². The molecule has 0 aliphatic carbocycles. The molecule has 0 radical (unpaired) electrons. The fraction of sp³-hybridized carbons (Fsp3) is 0.267. The van der Waals surface area contributed by atoms with Crippen molar-refractivity contribution in [2.45, 2.75) is 19.3 Å². The topological polar surface area (TPSA) is 34.2 Å². The molecule has 1 aromatic heterocycles. The van der Waals surface area contributed by atoms with E-state index in [2.05, 4.69) is 28.5 Å². The highest BCUT2D eigenvalue weighted by Gasteiger charge is 2.17. The molecule has 3 nitrogen and oxygen atoms in total. The number of fused-ring (bicyclic) bond motifs is 1. The molecule has 3 rings (SSSR count). The van der Waals surface area contributed by atoms with Crippen LogP contribution in [0, 0.1) is 5.82 Å². The number of hydrogen-bond acceptors (Lipinski definition) is 3. The maximum Gasteiger partial charge on any atom is 0.141 e. The summed E-state index contributed by atoms with van der Waals surface area (Å²) in [4.78, 5) is 3.91. The van der Waals surface area contributed by atoms with Crippen molar-refractivity contribution in [3.8, 4) is 0 Å². The molecule has 2 heterocycles. The molecule has 0 saturated heterocycles. The molecule has 19 heavy (non-hydrogen) atoms. The summed E-state index contributed by atoms with van der Waals surface area (Å²) in [6.07, 6.45) is 2.90. The Morgan fingerprint density at radius 2 is 2.00 bits per heavy atom. The van der Waals surface area contributed by atoms with Gasteiger partial charge in [-0.2, -0.15) is 0 Å². The zero-order valence-electron chi connectivity index (χ0n) is 10.7. The van der Waals surface area contributed by atoms with E-state index in [-0.39, 0.29) is 11.9 Å². The van der Waals surface area contributed by atoms with Crippen LogP contribution in [0.1, 0.15) is 28.3 Å². The van der Waals surface area contributed by atoms with Crippen LogP contribution < -0.4 is 5.32 Å². The molecule has 0 spiro atoms. The molecule has 1 aromatic carbocycles.